The van der Waals surface area contributed by atoms with Crippen LogP contribution in [0, 0.1) is 0 Å². The van der Waals surface area contributed by atoms with E-state index in [-0.39, 0.29) is 23.6 Å². The fourth-order valence-corrected chi connectivity index (χ4v) is 2.23. The minimum atomic E-state index is -0.293. The Morgan fingerprint density at radius 1 is 1.12 bits per heavy atom. The number of carbonyl (C=O) groups excluding carboxylic acids is 2. The van der Waals surface area contributed by atoms with Crippen LogP contribution < -0.4 is 15.4 Å². The van der Waals surface area contributed by atoms with Crippen LogP contribution in [0.4, 0.5) is 10.5 Å². The number of methoxy groups -OCH3 is 1. The second kappa shape index (κ2) is 8.71. The van der Waals surface area contributed by atoms with Gasteiger partial charge in [0.2, 0.25) is 0 Å². The number of phenolic OH excluding ortho intramolecular Hbond substituents is 1. The number of aromatic hydroxyl groups is 1. The Labute approximate surface area is 152 Å². The maximum atomic E-state index is 12.2. The van der Waals surface area contributed by atoms with Gasteiger partial charge in [0, 0.05) is 17.3 Å². The van der Waals surface area contributed by atoms with Gasteiger partial charge in [-0.1, -0.05) is 12.1 Å². The van der Waals surface area contributed by atoms with Gasteiger partial charge in [-0.3, -0.25) is 4.79 Å². The standard InChI is InChI=1S/C20H22N2O4/c1-13(2)21-20(25)22-16-8-6-15(7-9-16)17(23)10-4-14-5-11-19(26-3)18(24)12-14/h4-13,24H,1-3H3,(H2,21,22,25)/b10-4+. The fourth-order valence-electron chi connectivity index (χ4n) is 2.23. The zero-order chi connectivity index (χ0) is 19.1. The lowest BCUT2D eigenvalue weighted by molar-refractivity contribution is 0.104. The van der Waals surface area contributed by atoms with Gasteiger partial charge in [0.15, 0.2) is 17.3 Å². The summed E-state index contributed by atoms with van der Waals surface area (Å²) < 4.78 is 4.98. The number of hydrogen-bond donors (Lipinski definition) is 3. The lowest BCUT2D eigenvalue weighted by Gasteiger charge is -2.10. The molecule has 0 aliphatic carbocycles. The molecule has 2 aromatic carbocycles. The first kappa shape index (κ1) is 19.1. The Balaban J connectivity index is 2.01. The van der Waals surface area contributed by atoms with Gasteiger partial charge in [-0.05, 0) is 61.9 Å². The zero-order valence-electron chi connectivity index (χ0n) is 14.9. The van der Waals surface area contributed by atoms with Crippen molar-refractivity contribution in [1.82, 2.24) is 5.32 Å². The maximum Gasteiger partial charge on any atom is 0.319 e. The van der Waals surface area contributed by atoms with Crippen LogP contribution in [-0.4, -0.2) is 30.1 Å². The van der Waals surface area contributed by atoms with Crippen LogP contribution in [-0.2, 0) is 0 Å². The minimum Gasteiger partial charge on any atom is -0.504 e. The zero-order valence-corrected chi connectivity index (χ0v) is 14.9. The number of carbonyl (C=O) groups is 2. The van der Waals surface area contributed by atoms with Gasteiger partial charge in [0.1, 0.15) is 0 Å². The molecular formula is C20H22N2O4. The van der Waals surface area contributed by atoms with Crippen molar-refractivity contribution in [1.29, 1.82) is 0 Å². The van der Waals surface area contributed by atoms with Gasteiger partial charge in [-0.15, -0.1) is 0 Å². The average molecular weight is 354 g/mol. The van der Waals surface area contributed by atoms with E-state index in [1.165, 1.54) is 19.3 Å². The van der Waals surface area contributed by atoms with E-state index in [0.717, 1.165) is 0 Å². The monoisotopic (exact) mass is 354 g/mol. The number of phenols is 1. The van der Waals surface area contributed by atoms with E-state index in [4.69, 9.17) is 4.74 Å². The number of amides is 2. The molecule has 0 atom stereocenters. The number of nitrogens with one attached hydrogen (secondary N) is 2. The molecular weight excluding hydrogens is 332 g/mol. The summed E-state index contributed by atoms with van der Waals surface area (Å²) in [7, 11) is 1.47. The third kappa shape index (κ3) is 5.37. The quantitative estimate of drug-likeness (QED) is 0.543. The topological polar surface area (TPSA) is 87.7 Å². The SMILES string of the molecule is COc1ccc(/C=C/C(=O)c2ccc(NC(=O)NC(C)C)cc2)cc1O. The molecule has 0 saturated heterocycles. The first-order valence-electron chi connectivity index (χ1n) is 8.16. The summed E-state index contributed by atoms with van der Waals surface area (Å²) in [6.45, 7) is 3.74. The van der Waals surface area contributed by atoms with Gasteiger partial charge in [-0.25, -0.2) is 4.79 Å². The Bertz CT molecular complexity index is 811. The summed E-state index contributed by atoms with van der Waals surface area (Å²) in [5.41, 5.74) is 1.78. The van der Waals surface area contributed by atoms with Crippen molar-refractivity contribution in [2.45, 2.75) is 19.9 Å². The van der Waals surface area contributed by atoms with E-state index < -0.39 is 0 Å². The van der Waals surface area contributed by atoms with Crippen molar-refractivity contribution in [2.24, 2.45) is 0 Å². The number of ketones is 1. The molecule has 0 bridgehead atoms. The summed E-state index contributed by atoms with van der Waals surface area (Å²) in [6, 6.07) is 11.2. The first-order valence-corrected chi connectivity index (χ1v) is 8.16. The lowest BCUT2D eigenvalue weighted by Crippen LogP contribution is -2.34. The molecule has 0 radical (unpaired) electrons. The highest BCUT2D eigenvalue weighted by atomic mass is 16.5. The maximum absolute atomic E-state index is 12.2. The second-order valence-corrected chi connectivity index (χ2v) is 5.96. The van der Waals surface area contributed by atoms with Crippen molar-refractivity contribution in [2.75, 3.05) is 12.4 Å². The molecule has 26 heavy (non-hydrogen) atoms. The highest BCUT2D eigenvalue weighted by Gasteiger charge is 2.06. The van der Waals surface area contributed by atoms with E-state index >= 15 is 0 Å². The van der Waals surface area contributed by atoms with Crippen LogP contribution in [0.15, 0.2) is 48.5 Å². The number of urea groups is 1. The number of ether oxygens (including phenoxy) is 1. The summed E-state index contributed by atoms with van der Waals surface area (Å²) in [5.74, 6) is 0.203. The van der Waals surface area contributed by atoms with E-state index in [9.17, 15) is 14.7 Å². The van der Waals surface area contributed by atoms with E-state index in [1.54, 1.807) is 42.5 Å². The molecule has 2 aromatic rings. The molecule has 0 aromatic heterocycles. The van der Waals surface area contributed by atoms with Crippen LogP contribution >= 0.6 is 0 Å². The van der Waals surface area contributed by atoms with Crippen molar-refractivity contribution in [3.05, 3.63) is 59.7 Å². The number of allylic oxidation sites excluding steroid dienone is 1. The molecule has 6 heteroatoms. The summed E-state index contributed by atoms with van der Waals surface area (Å²) in [6.07, 6.45) is 3.04. The molecule has 0 unspecified atom stereocenters. The van der Waals surface area contributed by atoms with Gasteiger partial charge >= 0.3 is 6.03 Å². The largest absolute Gasteiger partial charge is 0.504 e. The van der Waals surface area contributed by atoms with E-state index in [2.05, 4.69) is 10.6 Å². The molecule has 0 aliphatic rings. The van der Waals surface area contributed by atoms with Crippen molar-refractivity contribution < 1.29 is 19.4 Å². The molecule has 0 aliphatic heterocycles. The highest BCUT2D eigenvalue weighted by molar-refractivity contribution is 6.07. The molecule has 136 valence electrons. The molecule has 3 N–H and O–H groups in total. The van der Waals surface area contributed by atoms with Crippen LogP contribution in [0.1, 0.15) is 29.8 Å². The summed E-state index contributed by atoms with van der Waals surface area (Å²) in [4.78, 5) is 23.9. The van der Waals surface area contributed by atoms with Crippen molar-refractivity contribution in [3.8, 4) is 11.5 Å². The molecule has 6 nitrogen and oxygen atoms in total. The van der Waals surface area contributed by atoms with E-state index in [1.807, 2.05) is 13.8 Å². The third-order valence-corrected chi connectivity index (χ3v) is 3.48. The van der Waals surface area contributed by atoms with Crippen LogP contribution in [0.3, 0.4) is 0 Å². The molecule has 2 amide bonds. The van der Waals surface area contributed by atoms with Crippen LogP contribution in [0.2, 0.25) is 0 Å². The van der Waals surface area contributed by atoms with Crippen LogP contribution in [0.25, 0.3) is 6.08 Å². The molecule has 0 spiro atoms. The number of anilines is 1. The smallest absolute Gasteiger partial charge is 0.319 e. The second-order valence-electron chi connectivity index (χ2n) is 5.96. The number of rotatable bonds is 6. The van der Waals surface area contributed by atoms with Gasteiger partial charge in [0.25, 0.3) is 0 Å². The number of hydrogen-bond acceptors (Lipinski definition) is 4. The van der Waals surface area contributed by atoms with Crippen molar-refractivity contribution in [3.63, 3.8) is 0 Å². The minimum absolute atomic E-state index is 0.0113. The molecule has 0 fully saturated rings. The predicted molar refractivity (Wildman–Crippen MR) is 102 cm³/mol. The third-order valence-electron chi connectivity index (χ3n) is 3.48. The first-order chi connectivity index (χ1) is 12.4. The van der Waals surface area contributed by atoms with Crippen LogP contribution in [0.5, 0.6) is 11.5 Å². The molecule has 2 rings (SSSR count). The average Bonchev–Trinajstić information content (AvgIpc) is 2.59. The van der Waals surface area contributed by atoms with Gasteiger partial charge in [0.05, 0.1) is 7.11 Å². The van der Waals surface area contributed by atoms with Gasteiger partial charge in [-0.2, -0.15) is 0 Å². The lowest BCUT2D eigenvalue weighted by atomic mass is 10.1. The Kier molecular flexibility index (Phi) is 6.38. The molecule has 0 saturated carbocycles. The summed E-state index contributed by atoms with van der Waals surface area (Å²) in [5, 5.41) is 15.2. The highest BCUT2D eigenvalue weighted by Crippen LogP contribution is 2.26. The fraction of sp³-hybridized carbons (Fsp3) is 0.200. The predicted octanol–water partition coefficient (Wildman–Crippen LogP) is 3.83. The Morgan fingerprint density at radius 2 is 1.81 bits per heavy atom. The normalized spacial score (nSPS) is 10.8. The summed E-state index contributed by atoms with van der Waals surface area (Å²) >= 11 is 0. The Morgan fingerprint density at radius 3 is 2.38 bits per heavy atom. The van der Waals surface area contributed by atoms with Crippen molar-refractivity contribution >= 4 is 23.6 Å². The number of benzene rings is 2. The molecule has 0 heterocycles. The van der Waals surface area contributed by atoms with Gasteiger partial charge < -0.3 is 20.5 Å². The van der Waals surface area contributed by atoms with E-state index in [0.29, 0.717) is 22.6 Å². The Hall–Kier alpha value is -3.28.